The minimum atomic E-state index is -0.289. The number of benzene rings is 2. The van der Waals surface area contributed by atoms with E-state index in [1.54, 1.807) is 13.2 Å². The summed E-state index contributed by atoms with van der Waals surface area (Å²) in [6.07, 6.45) is 7.33. The van der Waals surface area contributed by atoms with Gasteiger partial charge in [0.1, 0.15) is 17.3 Å². The third-order valence-electron chi connectivity index (χ3n) is 5.48. The van der Waals surface area contributed by atoms with Crippen molar-refractivity contribution in [1.29, 1.82) is 0 Å². The second kappa shape index (κ2) is 9.74. The van der Waals surface area contributed by atoms with E-state index in [0.717, 1.165) is 62.7 Å². The largest absolute Gasteiger partial charge is 0.508 e. The molecule has 1 aliphatic carbocycles. The molecule has 2 N–H and O–H groups in total. The van der Waals surface area contributed by atoms with Crippen molar-refractivity contribution in [3.63, 3.8) is 0 Å². The number of fused-ring (bicyclic) bond motifs is 1. The van der Waals surface area contributed by atoms with E-state index in [2.05, 4.69) is 12.1 Å². The maximum absolute atomic E-state index is 14.7. The molecule has 0 spiro atoms. The molecule has 0 bridgehead atoms. The van der Waals surface area contributed by atoms with Crippen LogP contribution in [0.1, 0.15) is 61.6 Å². The van der Waals surface area contributed by atoms with E-state index in [1.807, 2.05) is 6.07 Å². The number of aryl methyl sites for hydroxylation is 1. The summed E-state index contributed by atoms with van der Waals surface area (Å²) < 4.78 is 20.0. The third-order valence-corrected chi connectivity index (χ3v) is 5.48. The van der Waals surface area contributed by atoms with Crippen molar-refractivity contribution in [3.8, 4) is 11.5 Å². The van der Waals surface area contributed by atoms with Crippen molar-refractivity contribution in [3.05, 3.63) is 58.9 Å². The number of aliphatic hydroxyl groups is 1. The number of aliphatic hydroxyl groups excluding tert-OH is 1. The van der Waals surface area contributed by atoms with Gasteiger partial charge in [-0.2, -0.15) is 0 Å². The number of halogens is 1. The van der Waals surface area contributed by atoms with Crippen LogP contribution < -0.4 is 4.74 Å². The molecule has 0 atom stereocenters. The summed E-state index contributed by atoms with van der Waals surface area (Å²) in [5.41, 5.74) is 5.08. The smallest absolute Gasteiger partial charge is 0.130 e. The molecule has 0 aromatic heterocycles. The molecule has 0 heterocycles. The Labute approximate surface area is 166 Å². The van der Waals surface area contributed by atoms with Gasteiger partial charge in [0.05, 0.1) is 7.11 Å². The van der Waals surface area contributed by atoms with Gasteiger partial charge in [0, 0.05) is 12.2 Å². The van der Waals surface area contributed by atoms with Gasteiger partial charge in [-0.1, -0.05) is 18.9 Å². The molecule has 2 aromatic rings. The second-order valence-corrected chi connectivity index (χ2v) is 7.39. The predicted octanol–water partition coefficient (Wildman–Crippen LogP) is 5.73. The summed E-state index contributed by atoms with van der Waals surface area (Å²) in [5, 5.41) is 18.9. The summed E-state index contributed by atoms with van der Waals surface area (Å²) in [4.78, 5) is 0. The van der Waals surface area contributed by atoms with Crippen molar-refractivity contribution >= 4 is 11.1 Å². The highest BCUT2D eigenvalue weighted by Gasteiger charge is 2.21. The van der Waals surface area contributed by atoms with Crippen molar-refractivity contribution in [1.82, 2.24) is 0 Å². The van der Waals surface area contributed by atoms with Gasteiger partial charge < -0.3 is 14.9 Å². The van der Waals surface area contributed by atoms with Crippen LogP contribution in [0, 0.1) is 5.82 Å². The van der Waals surface area contributed by atoms with Gasteiger partial charge in [-0.3, -0.25) is 0 Å². The second-order valence-electron chi connectivity index (χ2n) is 7.39. The number of hydrogen-bond donors (Lipinski definition) is 2. The van der Waals surface area contributed by atoms with E-state index >= 15 is 0 Å². The Morgan fingerprint density at radius 1 is 0.964 bits per heavy atom. The number of phenols is 1. The zero-order valence-electron chi connectivity index (χ0n) is 16.5. The number of rotatable bonds is 8. The first-order valence-corrected chi connectivity index (χ1v) is 10.1. The number of methoxy groups -OCH3 is 1. The Bertz CT molecular complexity index is 842. The Hall–Kier alpha value is -2.33. The molecule has 0 fully saturated rings. The van der Waals surface area contributed by atoms with Crippen LogP contribution in [0.25, 0.3) is 11.1 Å². The first-order chi connectivity index (χ1) is 13.6. The molecular formula is C24H29FO3. The van der Waals surface area contributed by atoms with Gasteiger partial charge in [0.15, 0.2) is 0 Å². The maximum Gasteiger partial charge on any atom is 0.130 e. The highest BCUT2D eigenvalue weighted by atomic mass is 19.1. The van der Waals surface area contributed by atoms with Gasteiger partial charge in [0.25, 0.3) is 0 Å². The number of aromatic hydroxyl groups is 1. The molecule has 0 saturated carbocycles. The van der Waals surface area contributed by atoms with Crippen LogP contribution in [0.15, 0.2) is 36.4 Å². The standard InChI is InChI=1S/C24H29FO3/c1-28-19-11-12-20-17(15-19)7-6-9-22(21(20)8-4-2-3-5-14-26)23-16-18(27)10-13-24(23)25/h10-13,15-16,26-27H,2-9,14H2,1H3. The number of ether oxygens (including phenoxy) is 1. The zero-order chi connectivity index (χ0) is 19.9. The molecule has 1 aliphatic rings. The van der Waals surface area contributed by atoms with Crippen molar-refractivity contribution in [2.75, 3.05) is 13.7 Å². The number of hydrogen-bond acceptors (Lipinski definition) is 3. The van der Waals surface area contributed by atoms with E-state index < -0.39 is 0 Å². The van der Waals surface area contributed by atoms with Crippen molar-refractivity contribution in [2.24, 2.45) is 0 Å². The molecule has 0 radical (unpaired) electrons. The molecule has 150 valence electrons. The Morgan fingerprint density at radius 3 is 2.57 bits per heavy atom. The van der Waals surface area contributed by atoms with Gasteiger partial charge in [-0.25, -0.2) is 4.39 Å². The fourth-order valence-electron chi connectivity index (χ4n) is 4.06. The fourth-order valence-corrected chi connectivity index (χ4v) is 4.06. The summed E-state index contributed by atoms with van der Waals surface area (Å²) in [6.45, 7) is 0.227. The Morgan fingerprint density at radius 2 is 1.79 bits per heavy atom. The van der Waals surface area contributed by atoms with E-state index in [1.165, 1.54) is 28.8 Å². The Kier molecular flexibility index (Phi) is 7.10. The summed E-state index contributed by atoms with van der Waals surface area (Å²) >= 11 is 0. The lowest BCUT2D eigenvalue weighted by atomic mass is 9.88. The van der Waals surface area contributed by atoms with Crippen molar-refractivity contribution in [2.45, 2.75) is 51.4 Å². The van der Waals surface area contributed by atoms with Crippen LogP contribution in [0.5, 0.6) is 11.5 Å². The van der Waals surface area contributed by atoms with E-state index in [9.17, 15) is 9.50 Å². The van der Waals surface area contributed by atoms with Crippen LogP contribution in [-0.4, -0.2) is 23.9 Å². The molecule has 3 nitrogen and oxygen atoms in total. The predicted molar refractivity (Wildman–Crippen MR) is 111 cm³/mol. The van der Waals surface area contributed by atoms with Gasteiger partial charge in [-0.15, -0.1) is 0 Å². The first kappa shape index (κ1) is 20.4. The Balaban J connectivity index is 2.03. The third kappa shape index (κ3) is 4.74. The molecule has 2 aromatic carbocycles. The van der Waals surface area contributed by atoms with Gasteiger partial charge >= 0.3 is 0 Å². The molecular weight excluding hydrogens is 355 g/mol. The van der Waals surface area contributed by atoms with Gasteiger partial charge in [0.2, 0.25) is 0 Å². The molecule has 0 saturated heterocycles. The molecule has 3 rings (SSSR count). The van der Waals surface area contributed by atoms with Crippen LogP contribution in [0.4, 0.5) is 4.39 Å². The lowest BCUT2D eigenvalue weighted by molar-refractivity contribution is 0.282. The minimum Gasteiger partial charge on any atom is -0.508 e. The van der Waals surface area contributed by atoms with E-state index in [-0.39, 0.29) is 18.2 Å². The van der Waals surface area contributed by atoms with Crippen molar-refractivity contribution < 1.29 is 19.3 Å². The SMILES string of the molecule is COc1ccc2c(c1)CCCC(c1cc(O)ccc1F)=C2CCCCCCO. The number of allylic oxidation sites excluding steroid dienone is 2. The number of unbranched alkanes of at least 4 members (excludes halogenated alkanes) is 3. The normalized spacial score (nSPS) is 14.0. The highest BCUT2D eigenvalue weighted by Crippen LogP contribution is 2.41. The first-order valence-electron chi connectivity index (χ1n) is 10.1. The molecule has 0 amide bonds. The number of phenolic OH excluding ortho intramolecular Hbond substituents is 1. The van der Waals surface area contributed by atoms with Gasteiger partial charge in [-0.05, 0) is 91.1 Å². The van der Waals surface area contributed by atoms with E-state index in [4.69, 9.17) is 9.84 Å². The minimum absolute atomic E-state index is 0.0883. The molecule has 28 heavy (non-hydrogen) atoms. The summed E-state index contributed by atoms with van der Waals surface area (Å²) in [5.74, 6) is 0.640. The van der Waals surface area contributed by atoms with Crippen LogP contribution in [0.2, 0.25) is 0 Å². The molecule has 0 unspecified atom stereocenters. The summed E-state index contributed by atoms with van der Waals surface area (Å²) in [6, 6.07) is 10.4. The average Bonchev–Trinajstić information content (AvgIpc) is 2.88. The monoisotopic (exact) mass is 384 g/mol. The lowest BCUT2D eigenvalue weighted by Crippen LogP contribution is -1.97. The maximum atomic E-state index is 14.7. The highest BCUT2D eigenvalue weighted by molar-refractivity contribution is 5.92. The topological polar surface area (TPSA) is 49.7 Å². The van der Waals surface area contributed by atoms with E-state index in [0.29, 0.717) is 5.56 Å². The lowest BCUT2D eigenvalue weighted by Gasteiger charge is -2.17. The van der Waals surface area contributed by atoms with Crippen LogP contribution in [0.3, 0.4) is 0 Å². The molecule has 0 aliphatic heterocycles. The fraction of sp³-hybridized carbons (Fsp3) is 0.417. The molecule has 4 heteroatoms. The van der Waals surface area contributed by atoms with Crippen LogP contribution >= 0.6 is 0 Å². The summed E-state index contributed by atoms with van der Waals surface area (Å²) in [7, 11) is 1.67. The van der Waals surface area contributed by atoms with Crippen LogP contribution in [-0.2, 0) is 6.42 Å². The average molecular weight is 384 g/mol. The zero-order valence-corrected chi connectivity index (χ0v) is 16.5. The quantitative estimate of drug-likeness (QED) is 0.572.